The standard InChI is InChI=1S/C9H19S2/c1-3-8(10)6-5-7-9(11)4-2/h8-11H,1,3-7H2,2H3. The van der Waals surface area contributed by atoms with Crippen LogP contribution in [0.2, 0.25) is 0 Å². The van der Waals surface area contributed by atoms with E-state index in [1.54, 1.807) is 0 Å². The molecule has 2 unspecified atom stereocenters. The second kappa shape index (κ2) is 7.35. The highest BCUT2D eigenvalue weighted by atomic mass is 32.1. The van der Waals surface area contributed by atoms with Gasteiger partial charge in [0, 0.05) is 10.5 Å². The summed E-state index contributed by atoms with van der Waals surface area (Å²) in [5, 5.41) is 1.08. The first-order valence-electron chi connectivity index (χ1n) is 4.36. The van der Waals surface area contributed by atoms with Gasteiger partial charge in [-0.3, -0.25) is 0 Å². The van der Waals surface area contributed by atoms with Crippen LogP contribution in [0.4, 0.5) is 0 Å². The molecule has 11 heavy (non-hydrogen) atoms. The molecular formula is C9H19S2. The molecule has 0 saturated heterocycles. The minimum absolute atomic E-state index is 0.493. The van der Waals surface area contributed by atoms with E-state index in [2.05, 4.69) is 39.1 Å². The Hall–Kier alpha value is 0.700. The average molecular weight is 191 g/mol. The summed E-state index contributed by atoms with van der Waals surface area (Å²) in [6.07, 6.45) is 5.75. The molecule has 0 nitrogen and oxygen atoms in total. The first kappa shape index (κ1) is 11.7. The van der Waals surface area contributed by atoms with Crippen LogP contribution in [0, 0.1) is 6.92 Å². The van der Waals surface area contributed by atoms with Crippen LogP contribution in [0.5, 0.6) is 0 Å². The van der Waals surface area contributed by atoms with Crippen molar-refractivity contribution in [2.75, 3.05) is 0 Å². The molecular weight excluding hydrogens is 172 g/mol. The minimum atomic E-state index is 0.493. The van der Waals surface area contributed by atoms with E-state index in [0.29, 0.717) is 10.5 Å². The van der Waals surface area contributed by atoms with Gasteiger partial charge in [-0.2, -0.15) is 25.3 Å². The highest BCUT2D eigenvalue weighted by molar-refractivity contribution is 7.81. The van der Waals surface area contributed by atoms with Crippen molar-refractivity contribution in [1.82, 2.24) is 0 Å². The van der Waals surface area contributed by atoms with Crippen molar-refractivity contribution < 1.29 is 0 Å². The van der Waals surface area contributed by atoms with Crippen LogP contribution in [0.1, 0.15) is 39.0 Å². The molecule has 0 aliphatic carbocycles. The normalized spacial score (nSPS) is 16.4. The third-order valence-corrected chi connectivity index (χ3v) is 3.02. The lowest BCUT2D eigenvalue weighted by Gasteiger charge is -2.09. The van der Waals surface area contributed by atoms with Gasteiger partial charge in [0.2, 0.25) is 0 Å². The van der Waals surface area contributed by atoms with E-state index in [4.69, 9.17) is 0 Å². The van der Waals surface area contributed by atoms with Gasteiger partial charge < -0.3 is 0 Å². The van der Waals surface area contributed by atoms with Crippen molar-refractivity contribution in [1.29, 1.82) is 0 Å². The van der Waals surface area contributed by atoms with Crippen LogP contribution >= 0.6 is 25.3 Å². The second-order valence-corrected chi connectivity index (χ2v) is 4.40. The molecule has 0 aromatic rings. The van der Waals surface area contributed by atoms with Gasteiger partial charge in [0.15, 0.2) is 0 Å². The lowest BCUT2D eigenvalue weighted by molar-refractivity contribution is 0.632. The molecule has 2 atom stereocenters. The Labute approximate surface area is 82.0 Å². The average Bonchev–Trinajstić information content (AvgIpc) is 2.04. The first-order chi connectivity index (χ1) is 5.20. The van der Waals surface area contributed by atoms with Crippen molar-refractivity contribution in [3.05, 3.63) is 6.92 Å². The topological polar surface area (TPSA) is 0 Å². The van der Waals surface area contributed by atoms with Crippen molar-refractivity contribution >= 4 is 25.3 Å². The van der Waals surface area contributed by atoms with Crippen LogP contribution in [0.3, 0.4) is 0 Å². The lowest BCUT2D eigenvalue weighted by atomic mass is 10.1. The molecule has 1 radical (unpaired) electrons. The SMILES string of the molecule is [CH2]CC(S)CCCC(S)CC. The molecule has 0 aromatic carbocycles. The minimum Gasteiger partial charge on any atom is -0.176 e. The maximum absolute atomic E-state index is 4.42. The predicted octanol–water partition coefficient (Wildman–Crippen LogP) is 3.39. The summed E-state index contributed by atoms with van der Waals surface area (Å²) in [6.45, 7) is 5.99. The van der Waals surface area contributed by atoms with Crippen LogP contribution in [0.15, 0.2) is 0 Å². The molecule has 67 valence electrons. The van der Waals surface area contributed by atoms with Gasteiger partial charge in [-0.05, 0) is 25.7 Å². The number of hydrogen-bond acceptors (Lipinski definition) is 2. The van der Waals surface area contributed by atoms with Crippen LogP contribution in [0.25, 0.3) is 0 Å². The maximum atomic E-state index is 4.42. The summed E-state index contributed by atoms with van der Waals surface area (Å²) in [7, 11) is 0. The van der Waals surface area contributed by atoms with Crippen molar-refractivity contribution in [3.8, 4) is 0 Å². The monoisotopic (exact) mass is 191 g/mol. The molecule has 0 aromatic heterocycles. The molecule has 0 heterocycles. The molecule has 0 saturated carbocycles. The van der Waals surface area contributed by atoms with Crippen LogP contribution < -0.4 is 0 Å². The first-order valence-corrected chi connectivity index (χ1v) is 5.39. The van der Waals surface area contributed by atoms with E-state index in [9.17, 15) is 0 Å². The van der Waals surface area contributed by atoms with Gasteiger partial charge in [0.25, 0.3) is 0 Å². The Morgan fingerprint density at radius 3 is 2.18 bits per heavy atom. The summed E-state index contributed by atoms with van der Waals surface area (Å²) in [6, 6.07) is 0. The fourth-order valence-corrected chi connectivity index (χ4v) is 1.30. The van der Waals surface area contributed by atoms with E-state index in [0.717, 1.165) is 6.42 Å². The fraction of sp³-hybridized carbons (Fsp3) is 0.889. The van der Waals surface area contributed by atoms with Gasteiger partial charge >= 0.3 is 0 Å². The van der Waals surface area contributed by atoms with E-state index < -0.39 is 0 Å². The highest BCUT2D eigenvalue weighted by Crippen LogP contribution is 2.15. The largest absolute Gasteiger partial charge is 0.176 e. The zero-order valence-corrected chi connectivity index (χ0v) is 9.08. The number of hydrogen-bond donors (Lipinski definition) is 2. The summed E-state index contributed by atoms with van der Waals surface area (Å²) < 4.78 is 0. The zero-order chi connectivity index (χ0) is 8.69. The molecule has 0 rings (SSSR count). The second-order valence-electron chi connectivity index (χ2n) is 2.94. The molecule has 0 aliphatic heterocycles. The molecule has 0 amide bonds. The van der Waals surface area contributed by atoms with E-state index >= 15 is 0 Å². The van der Waals surface area contributed by atoms with E-state index in [-0.39, 0.29) is 0 Å². The number of rotatable bonds is 6. The number of thiol groups is 2. The van der Waals surface area contributed by atoms with E-state index in [1.165, 1.54) is 25.7 Å². The Morgan fingerprint density at radius 1 is 1.18 bits per heavy atom. The van der Waals surface area contributed by atoms with Crippen LogP contribution in [-0.2, 0) is 0 Å². The molecule has 2 heteroatoms. The molecule has 0 aliphatic rings. The summed E-state index contributed by atoms with van der Waals surface area (Å²) in [4.78, 5) is 0. The third-order valence-electron chi connectivity index (χ3n) is 1.88. The Morgan fingerprint density at radius 2 is 1.73 bits per heavy atom. The smallest absolute Gasteiger partial charge is 0.00168 e. The van der Waals surface area contributed by atoms with Gasteiger partial charge in [0.05, 0.1) is 0 Å². The van der Waals surface area contributed by atoms with Gasteiger partial charge in [0.1, 0.15) is 0 Å². The molecule has 0 bridgehead atoms. The summed E-state index contributed by atoms with van der Waals surface area (Å²) in [5.74, 6) is 0. The Bertz CT molecular complexity index is 73.6. The van der Waals surface area contributed by atoms with Crippen molar-refractivity contribution in [2.45, 2.75) is 49.5 Å². The Kier molecular flexibility index (Phi) is 7.82. The van der Waals surface area contributed by atoms with Crippen molar-refractivity contribution in [2.24, 2.45) is 0 Å². The fourth-order valence-electron chi connectivity index (χ4n) is 0.938. The molecule has 0 fully saturated rings. The van der Waals surface area contributed by atoms with Gasteiger partial charge in [-0.1, -0.05) is 20.3 Å². The molecule has 0 N–H and O–H groups in total. The summed E-state index contributed by atoms with van der Waals surface area (Å²) in [5.41, 5.74) is 0. The third kappa shape index (κ3) is 7.07. The highest BCUT2D eigenvalue weighted by Gasteiger charge is 2.02. The predicted molar refractivity (Wildman–Crippen MR) is 59.7 cm³/mol. The van der Waals surface area contributed by atoms with Gasteiger partial charge in [-0.25, -0.2) is 0 Å². The quantitative estimate of drug-likeness (QED) is 0.591. The van der Waals surface area contributed by atoms with E-state index in [1.807, 2.05) is 0 Å². The molecule has 0 spiro atoms. The van der Waals surface area contributed by atoms with Crippen molar-refractivity contribution in [3.63, 3.8) is 0 Å². The maximum Gasteiger partial charge on any atom is 0.00168 e. The zero-order valence-electron chi connectivity index (χ0n) is 7.29. The van der Waals surface area contributed by atoms with Gasteiger partial charge in [-0.15, -0.1) is 0 Å². The Balaban J connectivity index is 3.13. The summed E-state index contributed by atoms with van der Waals surface area (Å²) >= 11 is 8.80. The van der Waals surface area contributed by atoms with Crippen LogP contribution in [-0.4, -0.2) is 10.5 Å². The lowest BCUT2D eigenvalue weighted by Crippen LogP contribution is -2.00.